The van der Waals surface area contributed by atoms with Crippen LogP contribution in [0.1, 0.15) is 34.6 Å². The van der Waals surface area contributed by atoms with Gasteiger partial charge in [-0.1, -0.05) is 13.8 Å². The van der Waals surface area contributed by atoms with Gasteiger partial charge in [0.05, 0.1) is 12.1 Å². The van der Waals surface area contributed by atoms with Crippen LogP contribution in [0, 0.1) is 5.92 Å². The average molecular weight is 256 g/mol. The van der Waals surface area contributed by atoms with E-state index in [-0.39, 0.29) is 24.3 Å². The molecule has 1 atom stereocenters. The van der Waals surface area contributed by atoms with Crippen molar-refractivity contribution in [3.63, 3.8) is 0 Å². The molecule has 0 aromatic rings. The first-order chi connectivity index (χ1) is 8.26. The first-order valence-corrected chi connectivity index (χ1v) is 6.49. The Labute approximate surface area is 109 Å². The second kappa shape index (κ2) is 5.69. The molecule has 2 amide bonds. The van der Waals surface area contributed by atoms with Gasteiger partial charge in [-0.3, -0.25) is 9.59 Å². The Balaban J connectivity index is 2.75. The van der Waals surface area contributed by atoms with E-state index in [1.54, 1.807) is 4.90 Å². The van der Waals surface area contributed by atoms with Crippen molar-refractivity contribution >= 4 is 11.8 Å². The molecule has 1 fully saturated rings. The maximum absolute atomic E-state index is 12.3. The molecular weight excluding hydrogens is 232 g/mol. The van der Waals surface area contributed by atoms with Crippen molar-refractivity contribution in [1.29, 1.82) is 0 Å². The van der Waals surface area contributed by atoms with Crippen molar-refractivity contribution in [2.24, 2.45) is 5.92 Å². The van der Waals surface area contributed by atoms with Crippen LogP contribution in [0.3, 0.4) is 0 Å². The van der Waals surface area contributed by atoms with Gasteiger partial charge in [0.2, 0.25) is 11.8 Å². The molecule has 5 heteroatoms. The molecule has 0 spiro atoms. The van der Waals surface area contributed by atoms with Crippen LogP contribution in [-0.2, 0) is 14.3 Å². The highest BCUT2D eigenvalue weighted by Gasteiger charge is 2.37. The predicted octanol–water partition coefficient (Wildman–Crippen LogP) is 0.784. The van der Waals surface area contributed by atoms with Crippen LogP contribution < -0.4 is 5.32 Å². The van der Waals surface area contributed by atoms with Crippen molar-refractivity contribution in [2.45, 2.75) is 46.3 Å². The molecular formula is C13H24N2O3. The topological polar surface area (TPSA) is 58.6 Å². The lowest BCUT2D eigenvalue weighted by Gasteiger charge is -2.38. The summed E-state index contributed by atoms with van der Waals surface area (Å²) in [7, 11) is 0. The zero-order valence-corrected chi connectivity index (χ0v) is 11.9. The Morgan fingerprint density at radius 2 is 2.06 bits per heavy atom. The van der Waals surface area contributed by atoms with Crippen molar-refractivity contribution in [1.82, 2.24) is 10.2 Å². The van der Waals surface area contributed by atoms with E-state index in [9.17, 15) is 9.59 Å². The Morgan fingerprint density at radius 3 is 2.56 bits per heavy atom. The molecule has 0 aromatic heterocycles. The van der Waals surface area contributed by atoms with E-state index < -0.39 is 11.6 Å². The van der Waals surface area contributed by atoms with E-state index in [2.05, 4.69) is 5.32 Å². The lowest BCUT2D eigenvalue weighted by atomic mass is 9.99. The molecule has 5 nitrogen and oxygen atoms in total. The monoisotopic (exact) mass is 256 g/mol. The molecule has 1 rings (SSSR count). The third-order valence-corrected chi connectivity index (χ3v) is 3.00. The summed E-state index contributed by atoms with van der Waals surface area (Å²) in [6.07, 6.45) is 0. The zero-order chi connectivity index (χ0) is 13.9. The molecule has 1 aliphatic rings. The van der Waals surface area contributed by atoms with Gasteiger partial charge in [0, 0.05) is 13.2 Å². The highest BCUT2D eigenvalue weighted by Crippen LogP contribution is 2.16. The number of nitrogens with zero attached hydrogens (tertiary/aromatic N) is 1. The predicted molar refractivity (Wildman–Crippen MR) is 69.1 cm³/mol. The molecule has 0 saturated carbocycles. The molecule has 1 unspecified atom stereocenters. The molecule has 0 radical (unpaired) electrons. The van der Waals surface area contributed by atoms with Crippen LogP contribution in [0.15, 0.2) is 0 Å². The van der Waals surface area contributed by atoms with Gasteiger partial charge >= 0.3 is 0 Å². The van der Waals surface area contributed by atoms with Crippen LogP contribution >= 0.6 is 0 Å². The van der Waals surface area contributed by atoms with Gasteiger partial charge in [-0.05, 0) is 26.7 Å². The van der Waals surface area contributed by atoms with Crippen LogP contribution in [0.25, 0.3) is 0 Å². The Hall–Kier alpha value is -1.10. The fourth-order valence-electron chi connectivity index (χ4n) is 2.21. The summed E-state index contributed by atoms with van der Waals surface area (Å²) in [6, 6.07) is -0.413. The van der Waals surface area contributed by atoms with Gasteiger partial charge in [0.25, 0.3) is 0 Å². The minimum Gasteiger partial charge on any atom is -0.374 e. The Kier molecular flexibility index (Phi) is 4.73. The van der Waals surface area contributed by atoms with E-state index >= 15 is 0 Å². The molecule has 104 valence electrons. The maximum atomic E-state index is 12.3. The van der Waals surface area contributed by atoms with Gasteiger partial charge in [-0.2, -0.15) is 0 Å². The minimum absolute atomic E-state index is 0.0163. The summed E-state index contributed by atoms with van der Waals surface area (Å²) < 4.78 is 5.59. The van der Waals surface area contributed by atoms with Crippen molar-refractivity contribution in [3.05, 3.63) is 0 Å². The first kappa shape index (κ1) is 15.0. The fraction of sp³-hybridized carbons (Fsp3) is 0.846. The van der Waals surface area contributed by atoms with Crippen LogP contribution in [0.2, 0.25) is 0 Å². The number of nitrogens with one attached hydrogen (secondary N) is 1. The summed E-state index contributed by atoms with van der Waals surface area (Å²) >= 11 is 0. The fourth-order valence-corrected chi connectivity index (χ4v) is 2.21. The maximum Gasteiger partial charge on any atom is 0.245 e. The SMILES string of the molecule is CCOC(C)(C)CN1CC(=O)NC(C(C)C)C1=O. The molecule has 18 heavy (non-hydrogen) atoms. The number of hydrogen-bond donors (Lipinski definition) is 1. The summed E-state index contributed by atoms with van der Waals surface area (Å²) in [5.41, 5.74) is -0.427. The number of rotatable bonds is 5. The quantitative estimate of drug-likeness (QED) is 0.791. The second-order valence-corrected chi connectivity index (χ2v) is 5.68. The van der Waals surface area contributed by atoms with Gasteiger partial charge in [-0.25, -0.2) is 0 Å². The number of hydrogen-bond acceptors (Lipinski definition) is 3. The summed E-state index contributed by atoms with van der Waals surface area (Å²) in [5.74, 6) is -0.0163. The van der Waals surface area contributed by atoms with Crippen molar-refractivity contribution in [3.8, 4) is 0 Å². The molecule has 1 aliphatic heterocycles. The highest BCUT2D eigenvalue weighted by atomic mass is 16.5. The molecule has 1 N–H and O–H groups in total. The summed E-state index contributed by atoms with van der Waals surface area (Å²) in [5, 5.41) is 2.74. The first-order valence-electron chi connectivity index (χ1n) is 6.49. The van der Waals surface area contributed by atoms with Crippen LogP contribution in [0.5, 0.6) is 0 Å². The van der Waals surface area contributed by atoms with E-state index in [0.717, 1.165) is 0 Å². The molecule has 0 bridgehead atoms. The number of piperazine rings is 1. The lowest BCUT2D eigenvalue weighted by molar-refractivity contribution is -0.149. The number of amides is 2. The van der Waals surface area contributed by atoms with Crippen molar-refractivity contribution in [2.75, 3.05) is 19.7 Å². The largest absolute Gasteiger partial charge is 0.374 e. The van der Waals surface area contributed by atoms with Gasteiger partial charge in [-0.15, -0.1) is 0 Å². The van der Waals surface area contributed by atoms with E-state index in [1.165, 1.54) is 0 Å². The average Bonchev–Trinajstić information content (AvgIpc) is 2.21. The smallest absolute Gasteiger partial charge is 0.245 e. The Morgan fingerprint density at radius 1 is 1.44 bits per heavy atom. The summed E-state index contributed by atoms with van der Waals surface area (Å²) in [6.45, 7) is 10.8. The zero-order valence-electron chi connectivity index (χ0n) is 11.9. The van der Waals surface area contributed by atoms with Crippen molar-refractivity contribution < 1.29 is 14.3 Å². The number of ether oxygens (including phenoxy) is 1. The molecule has 0 aromatic carbocycles. The third kappa shape index (κ3) is 3.70. The number of carbonyl (C=O) groups excluding carboxylic acids is 2. The van der Waals surface area contributed by atoms with E-state index in [0.29, 0.717) is 13.2 Å². The normalized spacial score (nSPS) is 21.4. The molecule has 1 saturated heterocycles. The standard InChI is InChI=1S/C13H24N2O3/c1-6-18-13(4,5)8-15-7-10(16)14-11(9(2)3)12(15)17/h9,11H,6-8H2,1-5H3,(H,14,16). The lowest BCUT2D eigenvalue weighted by Crippen LogP contribution is -2.62. The van der Waals surface area contributed by atoms with Crippen LogP contribution in [0.4, 0.5) is 0 Å². The van der Waals surface area contributed by atoms with Gasteiger partial charge in [0.15, 0.2) is 0 Å². The second-order valence-electron chi connectivity index (χ2n) is 5.68. The van der Waals surface area contributed by atoms with Gasteiger partial charge in [0.1, 0.15) is 6.04 Å². The molecule has 0 aliphatic carbocycles. The van der Waals surface area contributed by atoms with E-state index in [4.69, 9.17) is 4.74 Å². The third-order valence-electron chi connectivity index (χ3n) is 3.00. The molecule has 1 heterocycles. The van der Waals surface area contributed by atoms with Crippen LogP contribution in [-0.4, -0.2) is 48.1 Å². The summed E-state index contributed by atoms with van der Waals surface area (Å²) in [4.78, 5) is 25.5. The number of carbonyl (C=O) groups is 2. The van der Waals surface area contributed by atoms with Gasteiger partial charge < -0.3 is 15.0 Å². The minimum atomic E-state index is -0.427. The Bertz CT molecular complexity index is 326. The highest BCUT2D eigenvalue weighted by molar-refractivity contribution is 5.95. The van der Waals surface area contributed by atoms with E-state index in [1.807, 2.05) is 34.6 Å².